The van der Waals surface area contributed by atoms with Gasteiger partial charge in [-0.3, -0.25) is 14.9 Å². The number of amides is 1. The molecule has 130 valence electrons. The van der Waals surface area contributed by atoms with E-state index in [0.717, 1.165) is 25.3 Å². The summed E-state index contributed by atoms with van der Waals surface area (Å²) in [5.74, 6) is -1.13. The highest BCUT2D eigenvalue weighted by Gasteiger charge is 2.29. The van der Waals surface area contributed by atoms with Crippen LogP contribution in [0.4, 0.5) is 5.69 Å². The van der Waals surface area contributed by atoms with Crippen molar-refractivity contribution in [3.8, 4) is 0 Å². The van der Waals surface area contributed by atoms with Gasteiger partial charge in [-0.05, 0) is 39.2 Å². The Kier molecular flexibility index (Phi) is 5.77. The number of non-ortho nitro benzene ring substituents is 1. The monoisotopic (exact) mass is 354 g/mol. The number of halogens is 1. The minimum atomic E-state index is -0.852. The molecule has 2 rings (SSSR count). The quantitative estimate of drug-likeness (QED) is 0.470. The smallest absolute Gasteiger partial charge is 0.340 e. The Morgan fingerprint density at radius 3 is 2.54 bits per heavy atom. The SMILES string of the molecule is C[C@H]1CCC[C@H](C)N1C(=O)COC(=O)c1cc([N+](=O)[O-])ccc1Cl. The molecule has 0 saturated carbocycles. The number of carbonyl (C=O) groups is 2. The van der Waals surface area contributed by atoms with Crippen molar-refractivity contribution < 1.29 is 19.2 Å². The van der Waals surface area contributed by atoms with E-state index in [1.54, 1.807) is 4.90 Å². The van der Waals surface area contributed by atoms with Crippen LogP contribution in [0.15, 0.2) is 18.2 Å². The second-order valence-corrected chi connectivity index (χ2v) is 6.33. The molecule has 1 aromatic carbocycles. The van der Waals surface area contributed by atoms with Gasteiger partial charge >= 0.3 is 5.97 Å². The van der Waals surface area contributed by atoms with Gasteiger partial charge in [0.2, 0.25) is 0 Å². The van der Waals surface area contributed by atoms with Gasteiger partial charge in [-0.25, -0.2) is 4.79 Å². The first-order chi connectivity index (χ1) is 11.3. The number of rotatable bonds is 4. The van der Waals surface area contributed by atoms with Gasteiger partial charge in [0, 0.05) is 24.2 Å². The number of hydrogen-bond acceptors (Lipinski definition) is 5. The third-order valence-corrected chi connectivity index (χ3v) is 4.52. The van der Waals surface area contributed by atoms with Crippen molar-refractivity contribution in [3.63, 3.8) is 0 Å². The lowest BCUT2D eigenvalue weighted by atomic mass is 9.97. The van der Waals surface area contributed by atoms with Crippen LogP contribution in [0.1, 0.15) is 43.5 Å². The van der Waals surface area contributed by atoms with Crippen molar-refractivity contribution in [2.24, 2.45) is 0 Å². The average molecular weight is 355 g/mol. The zero-order valence-electron chi connectivity index (χ0n) is 13.5. The summed E-state index contributed by atoms with van der Waals surface area (Å²) >= 11 is 5.89. The first kappa shape index (κ1) is 18.2. The molecule has 1 amide bonds. The molecule has 1 aliphatic rings. The number of nitro benzene ring substituents is 1. The molecule has 1 aromatic rings. The van der Waals surface area contributed by atoms with E-state index in [-0.39, 0.29) is 34.3 Å². The lowest BCUT2D eigenvalue weighted by Crippen LogP contribution is -2.49. The average Bonchev–Trinajstić information content (AvgIpc) is 2.52. The molecule has 1 fully saturated rings. The normalized spacial score (nSPS) is 20.5. The predicted octanol–water partition coefficient (Wildman–Crippen LogP) is 3.19. The molecule has 1 aliphatic heterocycles. The maximum atomic E-state index is 12.3. The van der Waals surface area contributed by atoms with Crippen LogP contribution in [-0.2, 0) is 9.53 Å². The summed E-state index contributed by atoms with van der Waals surface area (Å²) in [5.41, 5.74) is -0.394. The number of piperidine rings is 1. The summed E-state index contributed by atoms with van der Waals surface area (Å²) in [7, 11) is 0. The summed E-state index contributed by atoms with van der Waals surface area (Å²) in [4.78, 5) is 36.3. The molecular formula is C16H19ClN2O5. The molecule has 24 heavy (non-hydrogen) atoms. The Morgan fingerprint density at radius 1 is 1.33 bits per heavy atom. The Bertz CT molecular complexity index is 654. The second kappa shape index (κ2) is 7.61. The molecule has 8 heteroatoms. The van der Waals surface area contributed by atoms with E-state index < -0.39 is 17.5 Å². The number of likely N-dealkylation sites (tertiary alicyclic amines) is 1. The van der Waals surface area contributed by atoms with Gasteiger partial charge in [-0.15, -0.1) is 0 Å². The second-order valence-electron chi connectivity index (χ2n) is 5.93. The van der Waals surface area contributed by atoms with Crippen molar-refractivity contribution in [2.45, 2.75) is 45.2 Å². The summed E-state index contributed by atoms with van der Waals surface area (Å²) in [6.07, 6.45) is 2.90. The minimum absolute atomic E-state index is 0.0396. The number of esters is 1. The van der Waals surface area contributed by atoms with Crippen LogP contribution in [0.25, 0.3) is 0 Å². The standard InChI is InChI=1S/C16H19ClN2O5/c1-10-4-3-5-11(2)18(10)15(20)9-24-16(21)13-8-12(19(22)23)6-7-14(13)17/h6-8,10-11H,3-5,9H2,1-2H3/t10-,11-/m0/s1. The van der Waals surface area contributed by atoms with Gasteiger partial charge in [-0.2, -0.15) is 0 Å². The van der Waals surface area contributed by atoms with Crippen LogP contribution in [0.3, 0.4) is 0 Å². The number of nitro groups is 1. The minimum Gasteiger partial charge on any atom is -0.452 e. The molecule has 1 heterocycles. The molecule has 0 bridgehead atoms. The first-order valence-electron chi connectivity index (χ1n) is 7.73. The van der Waals surface area contributed by atoms with E-state index in [1.807, 2.05) is 13.8 Å². The van der Waals surface area contributed by atoms with Gasteiger partial charge < -0.3 is 9.64 Å². The van der Waals surface area contributed by atoms with Crippen LogP contribution in [-0.4, -0.2) is 40.4 Å². The molecule has 2 atom stereocenters. The molecule has 7 nitrogen and oxygen atoms in total. The van der Waals surface area contributed by atoms with Gasteiger partial charge in [-0.1, -0.05) is 11.6 Å². The third-order valence-electron chi connectivity index (χ3n) is 4.19. The Balaban J connectivity index is 2.04. The highest BCUT2D eigenvalue weighted by Crippen LogP contribution is 2.24. The van der Waals surface area contributed by atoms with Crippen molar-refractivity contribution in [1.82, 2.24) is 4.90 Å². The summed E-state index contributed by atoms with van der Waals surface area (Å²) in [6.45, 7) is 3.52. The van der Waals surface area contributed by atoms with E-state index in [9.17, 15) is 19.7 Å². The zero-order chi connectivity index (χ0) is 17.9. The van der Waals surface area contributed by atoms with Crippen molar-refractivity contribution in [1.29, 1.82) is 0 Å². The molecule has 0 aromatic heterocycles. The molecular weight excluding hydrogens is 336 g/mol. The maximum absolute atomic E-state index is 12.3. The van der Waals surface area contributed by atoms with Crippen LogP contribution in [0.2, 0.25) is 5.02 Å². The number of ether oxygens (including phenoxy) is 1. The molecule has 0 N–H and O–H groups in total. The summed E-state index contributed by atoms with van der Waals surface area (Å²) in [5, 5.41) is 10.8. The number of benzene rings is 1. The van der Waals surface area contributed by atoms with Crippen LogP contribution < -0.4 is 0 Å². The predicted molar refractivity (Wildman–Crippen MR) is 88.0 cm³/mol. The van der Waals surface area contributed by atoms with Crippen molar-refractivity contribution >= 4 is 29.2 Å². The lowest BCUT2D eigenvalue weighted by Gasteiger charge is -2.38. The fourth-order valence-electron chi connectivity index (χ4n) is 2.98. The number of hydrogen-bond donors (Lipinski definition) is 0. The van der Waals surface area contributed by atoms with Crippen LogP contribution in [0, 0.1) is 10.1 Å². The van der Waals surface area contributed by atoms with E-state index in [1.165, 1.54) is 12.1 Å². The lowest BCUT2D eigenvalue weighted by molar-refractivity contribution is -0.384. The largest absolute Gasteiger partial charge is 0.452 e. The van der Waals surface area contributed by atoms with E-state index in [0.29, 0.717) is 0 Å². The Hall–Kier alpha value is -2.15. The van der Waals surface area contributed by atoms with E-state index in [4.69, 9.17) is 16.3 Å². The van der Waals surface area contributed by atoms with E-state index >= 15 is 0 Å². The fourth-order valence-corrected chi connectivity index (χ4v) is 3.17. The zero-order valence-corrected chi connectivity index (χ0v) is 14.3. The summed E-state index contributed by atoms with van der Waals surface area (Å²) < 4.78 is 5.02. The fraction of sp³-hybridized carbons (Fsp3) is 0.500. The third kappa shape index (κ3) is 4.03. The van der Waals surface area contributed by atoms with Crippen molar-refractivity contribution in [3.05, 3.63) is 38.9 Å². The van der Waals surface area contributed by atoms with Gasteiger partial charge in [0.25, 0.3) is 11.6 Å². The van der Waals surface area contributed by atoms with Gasteiger partial charge in [0.05, 0.1) is 15.5 Å². The highest BCUT2D eigenvalue weighted by molar-refractivity contribution is 6.33. The Morgan fingerprint density at radius 2 is 1.96 bits per heavy atom. The van der Waals surface area contributed by atoms with E-state index in [2.05, 4.69) is 0 Å². The first-order valence-corrected chi connectivity index (χ1v) is 8.11. The molecule has 0 aliphatic carbocycles. The molecule has 0 unspecified atom stereocenters. The van der Waals surface area contributed by atoms with Crippen LogP contribution in [0.5, 0.6) is 0 Å². The molecule has 0 spiro atoms. The van der Waals surface area contributed by atoms with Gasteiger partial charge in [0.1, 0.15) is 0 Å². The Labute approximate surface area is 144 Å². The van der Waals surface area contributed by atoms with Gasteiger partial charge in [0.15, 0.2) is 6.61 Å². The number of nitrogens with zero attached hydrogens (tertiary/aromatic N) is 2. The topological polar surface area (TPSA) is 89.8 Å². The highest BCUT2D eigenvalue weighted by atomic mass is 35.5. The van der Waals surface area contributed by atoms with Crippen molar-refractivity contribution in [2.75, 3.05) is 6.61 Å². The number of carbonyl (C=O) groups excluding carboxylic acids is 2. The van der Waals surface area contributed by atoms with Crippen LogP contribution >= 0.6 is 11.6 Å². The molecule has 1 saturated heterocycles. The molecule has 0 radical (unpaired) electrons. The maximum Gasteiger partial charge on any atom is 0.340 e. The summed E-state index contributed by atoms with van der Waals surface area (Å²) in [6, 6.07) is 3.69.